The Labute approximate surface area is 154 Å². The van der Waals surface area contributed by atoms with Crippen molar-refractivity contribution in [1.82, 2.24) is 0 Å². The lowest BCUT2D eigenvalue weighted by Gasteiger charge is -2.16. The van der Waals surface area contributed by atoms with Crippen LogP contribution in [0, 0.1) is 9.49 Å². The van der Waals surface area contributed by atoms with Gasteiger partial charge in [0, 0.05) is 3.57 Å². The number of benzene rings is 2. The van der Waals surface area contributed by atoms with Crippen molar-refractivity contribution in [3.05, 3.63) is 57.7 Å². The Balaban J connectivity index is 2.16. The first kappa shape index (κ1) is 18.3. The number of hydrogen-bond acceptors (Lipinski definition) is 3. The number of para-hydroxylation sites is 1. The van der Waals surface area contributed by atoms with Crippen LogP contribution in [0.2, 0.25) is 0 Å². The summed E-state index contributed by atoms with van der Waals surface area (Å²) in [5, 5.41) is 11.9. The van der Waals surface area contributed by atoms with Crippen LogP contribution >= 0.6 is 22.6 Å². The van der Waals surface area contributed by atoms with E-state index < -0.39 is 11.9 Å². The number of anilines is 1. The van der Waals surface area contributed by atoms with Crippen LogP contribution in [0.25, 0.3) is 0 Å². The predicted molar refractivity (Wildman–Crippen MR) is 100 cm³/mol. The second kappa shape index (κ2) is 8.68. The minimum absolute atomic E-state index is 0.230. The molecule has 2 rings (SSSR count). The molecule has 0 aliphatic heterocycles. The molecule has 0 unspecified atom stereocenters. The molecule has 0 heterocycles. The van der Waals surface area contributed by atoms with Crippen LogP contribution in [0.3, 0.4) is 0 Å². The highest BCUT2D eigenvalue weighted by molar-refractivity contribution is 14.1. The average Bonchev–Trinajstić information content (AvgIpc) is 2.56. The zero-order valence-corrected chi connectivity index (χ0v) is 15.3. The SMILES string of the molecule is COc1cccc(C[C@@H](CC(=O)O)C(=O)Nc2ccccc2I)c1. The minimum Gasteiger partial charge on any atom is -0.497 e. The zero-order chi connectivity index (χ0) is 17.5. The fourth-order valence-corrected chi connectivity index (χ4v) is 2.87. The number of carbonyl (C=O) groups excluding carboxylic acids is 1. The van der Waals surface area contributed by atoms with Crippen molar-refractivity contribution in [1.29, 1.82) is 0 Å². The van der Waals surface area contributed by atoms with E-state index in [1.807, 2.05) is 42.5 Å². The third kappa shape index (κ3) is 5.23. The summed E-state index contributed by atoms with van der Waals surface area (Å²) in [6.45, 7) is 0. The number of ether oxygens (including phenoxy) is 1. The van der Waals surface area contributed by atoms with Gasteiger partial charge in [-0.25, -0.2) is 0 Å². The summed E-state index contributed by atoms with van der Waals surface area (Å²) in [5.41, 5.74) is 1.54. The van der Waals surface area contributed by atoms with Crippen molar-refractivity contribution in [2.45, 2.75) is 12.8 Å². The maximum atomic E-state index is 12.6. The van der Waals surface area contributed by atoms with E-state index in [9.17, 15) is 9.59 Å². The number of carboxylic acid groups (broad SMARTS) is 1. The number of methoxy groups -OCH3 is 1. The molecule has 1 amide bonds. The standard InChI is InChI=1S/C18H18INO4/c1-24-14-6-4-5-12(10-14)9-13(11-17(21)22)18(23)20-16-8-3-2-7-15(16)19/h2-8,10,13H,9,11H2,1H3,(H,20,23)(H,21,22)/t13-/m0/s1. The normalized spacial score (nSPS) is 11.6. The van der Waals surface area contributed by atoms with Crippen LogP contribution in [-0.2, 0) is 16.0 Å². The van der Waals surface area contributed by atoms with Gasteiger partial charge in [-0.2, -0.15) is 0 Å². The van der Waals surface area contributed by atoms with E-state index in [0.29, 0.717) is 17.9 Å². The molecular formula is C18H18INO4. The molecule has 24 heavy (non-hydrogen) atoms. The second-order valence-electron chi connectivity index (χ2n) is 5.32. The van der Waals surface area contributed by atoms with E-state index in [1.54, 1.807) is 13.2 Å². The van der Waals surface area contributed by atoms with Crippen LogP contribution < -0.4 is 10.1 Å². The van der Waals surface area contributed by atoms with Gasteiger partial charge in [-0.1, -0.05) is 24.3 Å². The molecule has 0 spiro atoms. The lowest BCUT2D eigenvalue weighted by atomic mass is 9.95. The summed E-state index contributed by atoms with van der Waals surface area (Å²) < 4.78 is 6.07. The minimum atomic E-state index is -0.999. The molecule has 5 nitrogen and oxygen atoms in total. The van der Waals surface area contributed by atoms with Gasteiger partial charge in [0.2, 0.25) is 5.91 Å². The predicted octanol–water partition coefficient (Wildman–Crippen LogP) is 3.57. The molecule has 0 fully saturated rings. The quantitative estimate of drug-likeness (QED) is 0.647. The topological polar surface area (TPSA) is 75.6 Å². The van der Waals surface area contributed by atoms with E-state index in [0.717, 1.165) is 9.13 Å². The van der Waals surface area contributed by atoms with Crippen LogP contribution in [0.4, 0.5) is 5.69 Å². The lowest BCUT2D eigenvalue weighted by Crippen LogP contribution is -2.27. The van der Waals surface area contributed by atoms with Gasteiger partial charge in [0.25, 0.3) is 0 Å². The smallest absolute Gasteiger partial charge is 0.304 e. The molecule has 0 saturated heterocycles. The molecule has 0 aliphatic carbocycles. The molecule has 1 atom stereocenters. The highest BCUT2D eigenvalue weighted by atomic mass is 127. The average molecular weight is 439 g/mol. The summed E-state index contributed by atoms with van der Waals surface area (Å²) in [7, 11) is 1.57. The molecule has 2 N–H and O–H groups in total. The van der Waals surface area contributed by atoms with E-state index >= 15 is 0 Å². The van der Waals surface area contributed by atoms with Crippen molar-refractivity contribution in [2.24, 2.45) is 5.92 Å². The molecule has 2 aromatic rings. The summed E-state index contributed by atoms with van der Waals surface area (Å²) in [5.74, 6) is -1.28. The maximum Gasteiger partial charge on any atom is 0.304 e. The molecule has 0 aliphatic rings. The zero-order valence-electron chi connectivity index (χ0n) is 13.2. The monoisotopic (exact) mass is 439 g/mol. The van der Waals surface area contributed by atoms with Crippen molar-refractivity contribution in [3.63, 3.8) is 0 Å². The van der Waals surface area contributed by atoms with Crippen LogP contribution in [0.1, 0.15) is 12.0 Å². The number of carbonyl (C=O) groups is 2. The highest BCUT2D eigenvalue weighted by Gasteiger charge is 2.23. The number of carboxylic acids is 1. The fraction of sp³-hybridized carbons (Fsp3) is 0.222. The number of hydrogen-bond donors (Lipinski definition) is 2. The van der Waals surface area contributed by atoms with E-state index in [4.69, 9.17) is 9.84 Å². The highest BCUT2D eigenvalue weighted by Crippen LogP contribution is 2.22. The largest absolute Gasteiger partial charge is 0.497 e. The number of nitrogens with one attached hydrogen (secondary N) is 1. The van der Waals surface area contributed by atoms with Crippen LogP contribution in [0.15, 0.2) is 48.5 Å². The number of rotatable bonds is 7. The Hall–Kier alpha value is -2.09. The van der Waals surface area contributed by atoms with Gasteiger partial charge in [0.05, 0.1) is 25.1 Å². The number of amides is 1. The molecule has 126 valence electrons. The van der Waals surface area contributed by atoms with Crippen LogP contribution in [-0.4, -0.2) is 24.1 Å². The van der Waals surface area contributed by atoms with Gasteiger partial charge in [-0.15, -0.1) is 0 Å². The van der Waals surface area contributed by atoms with Gasteiger partial charge in [0.1, 0.15) is 5.75 Å². The third-order valence-corrected chi connectivity index (χ3v) is 4.48. The molecule has 2 aromatic carbocycles. The van der Waals surface area contributed by atoms with E-state index in [2.05, 4.69) is 27.9 Å². The Kier molecular flexibility index (Phi) is 6.60. The summed E-state index contributed by atoms with van der Waals surface area (Å²) in [6.07, 6.45) is 0.102. The molecule has 6 heteroatoms. The number of aliphatic carboxylic acids is 1. The van der Waals surface area contributed by atoms with Gasteiger partial charge in [-0.05, 0) is 58.8 Å². The molecule has 0 saturated carbocycles. The third-order valence-electron chi connectivity index (χ3n) is 3.54. The second-order valence-corrected chi connectivity index (χ2v) is 6.48. The fourth-order valence-electron chi connectivity index (χ4n) is 2.35. The van der Waals surface area contributed by atoms with Gasteiger partial charge >= 0.3 is 5.97 Å². The van der Waals surface area contributed by atoms with E-state index in [-0.39, 0.29) is 12.3 Å². The molecular weight excluding hydrogens is 421 g/mol. The number of halogens is 1. The van der Waals surface area contributed by atoms with Gasteiger partial charge in [-0.3, -0.25) is 9.59 Å². The molecule has 0 bridgehead atoms. The van der Waals surface area contributed by atoms with Crippen molar-refractivity contribution >= 4 is 40.2 Å². The van der Waals surface area contributed by atoms with Crippen LogP contribution in [0.5, 0.6) is 5.75 Å². The summed E-state index contributed by atoms with van der Waals surface area (Å²) in [6, 6.07) is 14.7. The first-order valence-electron chi connectivity index (χ1n) is 7.39. The van der Waals surface area contributed by atoms with Gasteiger partial charge in [0.15, 0.2) is 0 Å². The van der Waals surface area contributed by atoms with Crippen molar-refractivity contribution in [2.75, 3.05) is 12.4 Å². The first-order chi connectivity index (χ1) is 11.5. The Morgan fingerprint density at radius 3 is 2.62 bits per heavy atom. The lowest BCUT2D eigenvalue weighted by molar-refractivity contribution is -0.140. The first-order valence-corrected chi connectivity index (χ1v) is 8.47. The maximum absolute atomic E-state index is 12.6. The molecule has 0 aromatic heterocycles. The summed E-state index contributed by atoms with van der Waals surface area (Å²) in [4.78, 5) is 23.7. The Morgan fingerprint density at radius 2 is 1.96 bits per heavy atom. The summed E-state index contributed by atoms with van der Waals surface area (Å²) >= 11 is 2.13. The Bertz CT molecular complexity index is 732. The van der Waals surface area contributed by atoms with Crippen molar-refractivity contribution in [3.8, 4) is 5.75 Å². The molecule has 0 radical (unpaired) electrons. The van der Waals surface area contributed by atoms with E-state index in [1.165, 1.54) is 0 Å². The Morgan fingerprint density at radius 1 is 1.21 bits per heavy atom. The van der Waals surface area contributed by atoms with Crippen molar-refractivity contribution < 1.29 is 19.4 Å². The van der Waals surface area contributed by atoms with Gasteiger partial charge < -0.3 is 15.2 Å².